The quantitative estimate of drug-likeness (QED) is 0.833. The molecule has 0 aliphatic carbocycles. The highest BCUT2D eigenvalue weighted by molar-refractivity contribution is 5.95. The number of pyridine rings is 1. The third-order valence-corrected chi connectivity index (χ3v) is 4.38. The molecular formula is C17H19N3. The van der Waals surface area contributed by atoms with Crippen LogP contribution in [0.5, 0.6) is 0 Å². The van der Waals surface area contributed by atoms with Gasteiger partial charge in [0, 0.05) is 30.4 Å². The Bertz CT molecular complexity index is 669. The molecule has 1 aliphatic rings. The number of benzene rings is 1. The lowest BCUT2D eigenvalue weighted by Crippen LogP contribution is -2.21. The fraction of sp³-hybridized carbons (Fsp3) is 0.412. The maximum Gasteiger partial charge on any atom is 0.101 e. The SMILES string of the molecule is CC(C)C1CCN(c2ccc(C#N)c3ncccc23)C1. The Labute approximate surface area is 119 Å². The summed E-state index contributed by atoms with van der Waals surface area (Å²) in [7, 11) is 0. The predicted octanol–water partition coefficient (Wildman–Crippen LogP) is 3.59. The van der Waals surface area contributed by atoms with Gasteiger partial charge in [-0.05, 0) is 42.5 Å². The molecule has 3 rings (SSSR count). The smallest absolute Gasteiger partial charge is 0.101 e. The van der Waals surface area contributed by atoms with Crippen molar-refractivity contribution >= 4 is 16.6 Å². The molecule has 1 fully saturated rings. The van der Waals surface area contributed by atoms with E-state index in [0.29, 0.717) is 5.56 Å². The Morgan fingerprint density at radius 3 is 2.90 bits per heavy atom. The van der Waals surface area contributed by atoms with Crippen LogP contribution in [0.2, 0.25) is 0 Å². The molecule has 0 spiro atoms. The van der Waals surface area contributed by atoms with E-state index >= 15 is 0 Å². The van der Waals surface area contributed by atoms with E-state index < -0.39 is 0 Å². The van der Waals surface area contributed by atoms with Crippen LogP contribution < -0.4 is 4.90 Å². The molecule has 1 saturated heterocycles. The van der Waals surface area contributed by atoms with Crippen molar-refractivity contribution in [2.75, 3.05) is 18.0 Å². The third-order valence-electron chi connectivity index (χ3n) is 4.38. The van der Waals surface area contributed by atoms with E-state index in [1.165, 1.54) is 12.1 Å². The van der Waals surface area contributed by atoms with E-state index in [1.54, 1.807) is 6.20 Å². The van der Waals surface area contributed by atoms with Crippen molar-refractivity contribution in [3.63, 3.8) is 0 Å². The Morgan fingerprint density at radius 2 is 2.20 bits per heavy atom. The fourth-order valence-corrected chi connectivity index (χ4v) is 3.07. The lowest BCUT2D eigenvalue weighted by atomic mass is 9.95. The summed E-state index contributed by atoms with van der Waals surface area (Å²) in [5, 5.41) is 10.3. The van der Waals surface area contributed by atoms with Gasteiger partial charge in [-0.15, -0.1) is 0 Å². The minimum atomic E-state index is 0.656. The summed E-state index contributed by atoms with van der Waals surface area (Å²) < 4.78 is 0. The molecule has 0 radical (unpaired) electrons. The predicted molar refractivity (Wildman–Crippen MR) is 81.6 cm³/mol. The topological polar surface area (TPSA) is 39.9 Å². The highest BCUT2D eigenvalue weighted by Gasteiger charge is 2.26. The summed E-state index contributed by atoms with van der Waals surface area (Å²) >= 11 is 0. The summed E-state index contributed by atoms with van der Waals surface area (Å²) in [6, 6.07) is 10.2. The van der Waals surface area contributed by atoms with Crippen LogP contribution in [0.4, 0.5) is 5.69 Å². The maximum absolute atomic E-state index is 9.20. The molecule has 3 heteroatoms. The molecular weight excluding hydrogens is 246 g/mol. The molecule has 20 heavy (non-hydrogen) atoms. The molecule has 0 N–H and O–H groups in total. The molecule has 0 bridgehead atoms. The van der Waals surface area contributed by atoms with E-state index in [0.717, 1.165) is 35.8 Å². The first kappa shape index (κ1) is 12.9. The van der Waals surface area contributed by atoms with Gasteiger partial charge < -0.3 is 4.90 Å². The van der Waals surface area contributed by atoms with Crippen molar-refractivity contribution in [3.05, 3.63) is 36.0 Å². The lowest BCUT2D eigenvalue weighted by Gasteiger charge is -2.22. The monoisotopic (exact) mass is 265 g/mol. The summed E-state index contributed by atoms with van der Waals surface area (Å²) in [5.41, 5.74) is 2.69. The van der Waals surface area contributed by atoms with Gasteiger partial charge in [0.25, 0.3) is 0 Å². The molecule has 0 saturated carbocycles. The number of hydrogen-bond acceptors (Lipinski definition) is 3. The van der Waals surface area contributed by atoms with Crippen molar-refractivity contribution in [3.8, 4) is 6.07 Å². The molecule has 1 aromatic carbocycles. The van der Waals surface area contributed by atoms with E-state index in [9.17, 15) is 5.26 Å². The minimum Gasteiger partial charge on any atom is -0.371 e. The second-order valence-electron chi connectivity index (χ2n) is 5.88. The molecule has 1 atom stereocenters. The van der Waals surface area contributed by atoms with Gasteiger partial charge in [0.15, 0.2) is 0 Å². The van der Waals surface area contributed by atoms with Gasteiger partial charge in [0.2, 0.25) is 0 Å². The molecule has 1 aromatic heterocycles. The second-order valence-corrected chi connectivity index (χ2v) is 5.88. The number of fused-ring (bicyclic) bond motifs is 1. The van der Waals surface area contributed by atoms with Crippen LogP contribution in [0.1, 0.15) is 25.8 Å². The fourth-order valence-electron chi connectivity index (χ4n) is 3.07. The molecule has 2 aromatic rings. The molecule has 0 amide bonds. The van der Waals surface area contributed by atoms with Crippen LogP contribution in [0.25, 0.3) is 10.9 Å². The third kappa shape index (κ3) is 2.12. The molecule has 1 aliphatic heterocycles. The highest BCUT2D eigenvalue weighted by atomic mass is 15.2. The first-order chi connectivity index (χ1) is 9.70. The Hall–Kier alpha value is -2.08. The number of anilines is 1. The number of hydrogen-bond donors (Lipinski definition) is 0. The Kier molecular flexibility index (Phi) is 3.31. The van der Waals surface area contributed by atoms with E-state index in [2.05, 4.69) is 41.9 Å². The van der Waals surface area contributed by atoms with Crippen LogP contribution >= 0.6 is 0 Å². The highest BCUT2D eigenvalue weighted by Crippen LogP contribution is 2.33. The van der Waals surface area contributed by atoms with E-state index in [4.69, 9.17) is 0 Å². The van der Waals surface area contributed by atoms with Gasteiger partial charge in [-0.2, -0.15) is 5.26 Å². The summed E-state index contributed by atoms with van der Waals surface area (Å²) in [6.45, 7) is 6.80. The van der Waals surface area contributed by atoms with E-state index in [-0.39, 0.29) is 0 Å². The molecule has 102 valence electrons. The number of nitriles is 1. The zero-order chi connectivity index (χ0) is 14.1. The van der Waals surface area contributed by atoms with Crippen LogP contribution in [-0.4, -0.2) is 18.1 Å². The zero-order valence-corrected chi connectivity index (χ0v) is 12.0. The van der Waals surface area contributed by atoms with Crippen LogP contribution in [0.3, 0.4) is 0 Å². The number of aromatic nitrogens is 1. The van der Waals surface area contributed by atoms with Crippen LogP contribution in [0.15, 0.2) is 30.5 Å². The van der Waals surface area contributed by atoms with Crippen molar-refractivity contribution in [2.24, 2.45) is 11.8 Å². The first-order valence-corrected chi connectivity index (χ1v) is 7.23. The maximum atomic E-state index is 9.20. The van der Waals surface area contributed by atoms with Crippen molar-refractivity contribution in [1.82, 2.24) is 4.98 Å². The van der Waals surface area contributed by atoms with Crippen molar-refractivity contribution < 1.29 is 0 Å². The molecule has 2 heterocycles. The summed E-state index contributed by atoms with van der Waals surface area (Å²) in [4.78, 5) is 6.83. The Balaban J connectivity index is 2.04. The van der Waals surface area contributed by atoms with Gasteiger partial charge in [0.1, 0.15) is 6.07 Å². The standard InChI is InChI=1S/C17H19N3/c1-12(2)14-7-9-20(11-14)16-6-5-13(10-18)17-15(16)4-3-8-19-17/h3-6,8,12,14H,7,9,11H2,1-2H3. The number of rotatable bonds is 2. The van der Waals surface area contributed by atoms with Gasteiger partial charge in [-0.1, -0.05) is 13.8 Å². The normalized spacial score (nSPS) is 18.7. The van der Waals surface area contributed by atoms with E-state index in [1.807, 2.05) is 12.1 Å². The average molecular weight is 265 g/mol. The van der Waals surface area contributed by atoms with Gasteiger partial charge in [-0.25, -0.2) is 0 Å². The largest absolute Gasteiger partial charge is 0.371 e. The summed E-state index contributed by atoms with van der Waals surface area (Å²) in [5.74, 6) is 1.49. The molecule has 1 unspecified atom stereocenters. The Morgan fingerprint density at radius 1 is 1.35 bits per heavy atom. The summed E-state index contributed by atoms with van der Waals surface area (Å²) in [6.07, 6.45) is 3.01. The van der Waals surface area contributed by atoms with Gasteiger partial charge in [0.05, 0.1) is 11.1 Å². The molecule has 3 nitrogen and oxygen atoms in total. The second kappa shape index (κ2) is 5.13. The van der Waals surface area contributed by atoms with Crippen LogP contribution in [-0.2, 0) is 0 Å². The first-order valence-electron chi connectivity index (χ1n) is 7.23. The van der Waals surface area contributed by atoms with Gasteiger partial charge >= 0.3 is 0 Å². The minimum absolute atomic E-state index is 0.656. The van der Waals surface area contributed by atoms with Crippen molar-refractivity contribution in [1.29, 1.82) is 5.26 Å². The number of nitrogens with zero attached hydrogens (tertiary/aromatic N) is 3. The average Bonchev–Trinajstić information content (AvgIpc) is 2.96. The zero-order valence-electron chi connectivity index (χ0n) is 12.0. The van der Waals surface area contributed by atoms with Crippen LogP contribution in [0, 0.1) is 23.2 Å². The van der Waals surface area contributed by atoms with Crippen molar-refractivity contribution in [2.45, 2.75) is 20.3 Å². The lowest BCUT2D eigenvalue weighted by molar-refractivity contribution is 0.423. The van der Waals surface area contributed by atoms with Gasteiger partial charge in [-0.3, -0.25) is 4.98 Å².